The molecule has 5 heteroatoms. The van der Waals surface area contributed by atoms with Crippen LogP contribution in [0.4, 0.5) is 0 Å². The van der Waals surface area contributed by atoms with Crippen molar-refractivity contribution in [3.8, 4) is 0 Å². The summed E-state index contributed by atoms with van der Waals surface area (Å²) in [5.41, 5.74) is 0.647. The number of hydrogen-bond acceptors (Lipinski definition) is 4. The summed E-state index contributed by atoms with van der Waals surface area (Å²) in [7, 11) is 0. The van der Waals surface area contributed by atoms with Gasteiger partial charge in [0.1, 0.15) is 5.01 Å². The third-order valence-corrected chi connectivity index (χ3v) is 5.93. The summed E-state index contributed by atoms with van der Waals surface area (Å²) in [6.07, 6.45) is 5.53. The zero-order valence-corrected chi connectivity index (χ0v) is 13.9. The van der Waals surface area contributed by atoms with Gasteiger partial charge in [-0.3, -0.25) is 4.79 Å². The molecule has 3 heterocycles. The van der Waals surface area contributed by atoms with Crippen LogP contribution in [-0.2, 0) is 10.3 Å². The number of hydrogen-bond donors (Lipinski definition) is 2. The van der Waals surface area contributed by atoms with Crippen LogP contribution in [0, 0.1) is 12.8 Å². The Morgan fingerprint density at radius 3 is 2.67 bits per heavy atom. The highest BCUT2D eigenvalue weighted by Crippen LogP contribution is 2.33. The number of nitrogens with zero attached hydrogens (tertiary/aromatic N) is 1. The predicted octanol–water partition coefficient (Wildman–Crippen LogP) is 2.72. The van der Waals surface area contributed by atoms with Gasteiger partial charge in [0.05, 0.1) is 5.54 Å². The number of aromatic nitrogens is 1. The first-order valence-corrected chi connectivity index (χ1v) is 8.80. The molecule has 2 atom stereocenters. The van der Waals surface area contributed by atoms with E-state index in [1.165, 1.54) is 12.8 Å². The van der Waals surface area contributed by atoms with Crippen molar-refractivity contribution in [3.63, 3.8) is 0 Å². The molecule has 1 aromatic rings. The van der Waals surface area contributed by atoms with Crippen LogP contribution in [0.25, 0.3) is 0 Å². The van der Waals surface area contributed by atoms with Gasteiger partial charge in [0.25, 0.3) is 0 Å². The lowest BCUT2D eigenvalue weighted by Crippen LogP contribution is -2.44. The molecule has 116 valence electrons. The number of piperidine rings is 1. The second-order valence-electron chi connectivity index (χ2n) is 7.15. The van der Waals surface area contributed by atoms with E-state index >= 15 is 0 Å². The Balaban J connectivity index is 1.56. The second-order valence-corrected chi connectivity index (χ2v) is 8.00. The van der Waals surface area contributed by atoms with E-state index in [-0.39, 0.29) is 11.4 Å². The monoisotopic (exact) mass is 307 g/mol. The fourth-order valence-corrected chi connectivity index (χ4v) is 4.58. The van der Waals surface area contributed by atoms with Crippen LogP contribution in [0.1, 0.15) is 56.7 Å². The van der Waals surface area contributed by atoms with Crippen molar-refractivity contribution in [1.82, 2.24) is 15.6 Å². The molecular formula is C16H25N3OS. The van der Waals surface area contributed by atoms with E-state index in [2.05, 4.69) is 15.6 Å². The van der Waals surface area contributed by atoms with Gasteiger partial charge in [-0.05, 0) is 52.4 Å². The fraction of sp³-hybridized carbons (Fsp3) is 0.750. The molecule has 21 heavy (non-hydrogen) atoms. The molecule has 2 bridgehead atoms. The number of carbonyl (C=O) groups is 1. The number of aryl methyl sites for hydroxylation is 1. The van der Waals surface area contributed by atoms with Crippen molar-refractivity contribution >= 4 is 17.2 Å². The first-order valence-electron chi connectivity index (χ1n) is 7.92. The first kappa shape index (κ1) is 15.0. The van der Waals surface area contributed by atoms with Gasteiger partial charge in [0.15, 0.2) is 0 Å². The van der Waals surface area contributed by atoms with E-state index in [4.69, 9.17) is 0 Å². The Kier molecular flexibility index (Phi) is 4.06. The molecular weight excluding hydrogens is 282 g/mol. The zero-order chi connectivity index (χ0) is 15.0. The maximum absolute atomic E-state index is 12.4. The average Bonchev–Trinajstić information content (AvgIpc) is 2.95. The summed E-state index contributed by atoms with van der Waals surface area (Å²) >= 11 is 1.62. The molecule has 4 nitrogen and oxygen atoms in total. The van der Waals surface area contributed by atoms with Crippen LogP contribution in [-0.4, -0.2) is 23.0 Å². The van der Waals surface area contributed by atoms with Crippen LogP contribution >= 0.6 is 11.3 Å². The number of fused-ring (bicyclic) bond motifs is 2. The van der Waals surface area contributed by atoms with E-state index in [0.29, 0.717) is 24.4 Å². The van der Waals surface area contributed by atoms with E-state index in [0.717, 1.165) is 23.5 Å². The summed E-state index contributed by atoms with van der Waals surface area (Å²) in [4.78, 5) is 16.9. The highest BCUT2D eigenvalue weighted by Gasteiger charge is 2.35. The van der Waals surface area contributed by atoms with Crippen LogP contribution in [0.15, 0.2) is 5.38 Å². The Bertz CT molecular complexity index is 513. The maximum atomic E-state index is 12.4. The van der Waals surface area contributed by atoms with Gasteiger partial charge >= 0.3 is 0 Å². The quantitative estimate of drug-likeness (QED) is 0.899. The number of thiazole rings is 1. The summed E-state index contributed by atoms with van der Waals surface area (Å²) < 4.78 is 0. The third kappa shape index (κ3) is 3.46. The van der Waals surface area contributed by atoms with Gasteiger partial charge in [-0.15, -0.1) is 11.3 Å². The molecule has 2 fully saturated rings. The lowest BCUT2D eigenvalue weighted by atomic mass is 9.89. The lowest BCUT2D eigenvalue weighted by molar-refractivity contribution is -0.124. The van der Waals surface area contributed by atoms with Crippen LogP contribution < -0.4 is 10.6 Å². The van der Waals surface area contributed by atoms with E-state index in [1.807, 2.05) is 26.2 Å². The van der Waals surface area contributed by atoms with Crippen molar-refractivity contribution < 1.29 is 4.79 Å². The molecule has 0 radical (unpaired) electrons. The number of amides is 1. The minimum absolute atomic E-state index is 0.166. The molecule has 2 aliphatic heterocycles. The number of nitrogens with one attached hydrogen (secondary N) is 2. The topological polar surface area (TPSA) is 54.0 Å². The Hall–Kier alpha value is -0.940. The molecule has 0 aromatic carbocycles. The summed E-state index contributed by atoms with van der Waals surface area (Å²) in [6, 6.07) is 1.30. The number of rotatable bonds is 4. The third-order valence-electron chi connectivity index (χ3n) is 4.65. The first-order chi connectivity index (χ1) is 9.92. The molecule has 2 aliphatic rings. The SMILES string of the molecule is Cc1csc(C(C)(C)NC(=O)CC2CC3CCC(C2)N3)n1. The molecule has 3 rings (SSSR count). The standard InChI is InChI=1S/C16H25N3OS/c1-10-9-21-15(17-10)16(2,3)19-14(20)8-11-6-12-4-5-13(7-11)18-12/h9,11-13,18H,4-8H2,1-3H3,(H,19,20). The summed E-state index contributed by atoms with van der Waals surface area (Å²) in [6.45, 7) is 6.06. The van der Waals surface area contributed by atoms with Gasteiger partial charge in [-0.1, -0.05) is 0 Å². The van der Waals surface area contributed by atoms with Gasteiger partial charge in [-0.2, -0.15) is 0 Å². The van der Waals surface area contributed by atoms with Gasteiger partial charge < -0.3 is 10.6 Å². The largest absolute Gasteiger partial charge is 0.345 e. The molecule has 0 saturated carbocycles. The van der Waals surface area contributed by atoms with Crippen LogP contribution in [0.2, 0.25) is 0 Å². The molecule has 2 unspecified atom stereocenters. The normalized spacial score (nSPS) is 28.6. The second kappa shape index (κ2) is 5.69. The molecule has 2 saturated heterocycles. The van der Waals surface area contributed by atoms with E-state index in [9.17, 15) is 4.79 Å². The minimum Gasteiger partial charge on any atom is -0.345 e. The minimum atomic E-state index is -0.373. The van der Waals surface area contributed by atoms with Crippen LogP contribution in [0.3, 0.4) is 0 Å². The highest BCUT2D eigenvalue weighted by atomic mass is 32.1. The van der Waals surface area contributed by atoms with Crippen molar-refractivity contribution in [2.24, 2.45) is 5.92 Å². The fourth-order valence-electron chi connectivity index (χ4n) is 3.70. The number of carbonyl (C=O) groups excluding carboxylic acids is 1. The Labute approximate surface area is 130 Å². The lowest BCUT2D eigenvalue weighted by Gasteiger charge is -2.30. The zero-order valence-electron chi connectivity index (χ0n) is 13.1. The average molecular weight is 307 g/mol. The van der Waals surface area contributed by atoms with Gasteiger partial charge in [-0.25, -0.2) is 4.98 Å². The molecule has 0 spiro atoms. The smallest absolute Gasteiger partial charge is 0.221 e. The Morgan fingerprint density at radius 2 is 2.10 bits per heavy atom. The Morgan fingerprint density at radius 1 is 1.43 bits per heavy atom. The van der Waals surface area contributed by atoms with E-state index in [1.54, 1.807) is 11.3 Å². The summed E-state index contributed by atoms with van der Waals surface area (Å²) in [5, 5.41) is 9.82. The predicted molar refractivity (Wildman–Crippen MR) is 85.3 cm³/mol. The molecule has 1 amide bonds. The van der Waals surface area contributed by atoms with Gasteiger partial charge in [0.2, 0.25) is 5.91 Å². The molecule has 1 aromatic heterocycles. The van der Waals surface area contributed by atoms with E-state index < -0.39 is 0 Å². The van der Waals surface area contributed by atoms with Crippen molar-refractivity contribution in [3.05, 3.63) is 16.1 Å². The van der Waals surface area contributed by atoms with Crippen molar-refractivity contribution in [2.45, 2.75) is 70.5 Å². The summed E-state index contributed by atoms with van der Waals surface area (Å²) in [5.74, 6) is 0.705. The maximum Gasteiger partial charge on any atom is 0.221 e. The highest BCUT2D eigenvalue weighted by molar-refractivity contribution is 7.09. The van der Waals surface area contributed by atoms with Crippen molar-refractivity contribution in [2.75, 3.05) is 0 Å². The molecule has 2 N–H and O–H groups in total. The molecule has 0 aliphatic carbocycles. The van der Waals surface area contributed by atoms with Crippen molar-refractivity contribution in [1.29, 1.82) is 0 Å². The van der Waals surface area contributed by atoms with Crippen LogP contribution in [0.5, 0.6) is 0 Å². The van der Waals surface area contributed by atoms with Gasteiger partial charge in [0, 0.05) is 29.6 Å².